The SMILES string of the molecule is CC1(C)O[C@H]2O[C@](COC(=O)c3ccccc3)(C(O)C(=O)c3ccccc3)[C@H](O)[C@H]2O1. The third-order valence-corrected chi connectivity index (χ3v) is 5.44. The zero-order chi connectivity index (χ0) is 22.2. The lowest BCUT2D eigenvalue weighted by Crippen LogP contribution is -2.59. The minimum Gasteiger partial charge on any atom is -0.459 e. The summed E-state index contributed by atoms with van der Waals surface area (Å²) in [6.07, 6.45) is -5.35. The average molecular weight is 428 g/mol. The summed E-state index contributed by atoms with van der Waals surface area (Å²) in [7, 11) is 0. The maximum atomic E-state index is 13.0. The monoisotopic (exact) mass is 428 g/mol. The molecule has 31 heavy (non-hydrogen) atoms. The van der Waals surface area contributed by atoms with Gasteiger partial charge in [0.2, 0.25) is 0 Å². The van der Waals surface area contributed by atoms with E-state index in [1.807, 2.05) is 0 Å². The third-order valence-electron chi connectivity index (χ3n) is 5.44. The lowest BCUT2D eigenvalue weighted by molar-refractivity contribution is -0.259. The fourth-order valence-electron chi connectivity index (χ4n) is 3.87. The summed E-state index contributed by atoms with van der Waals surface area (Å²) < 4.78 is 22.6. The Bertz CT molecular complexity index is 945. The number of rotatable bonds is 6. The Morgan fingerprint density at radius 2 is 1.55 bits per heavy atom. The van der Waals surface area contributed by atoms with Gasteiger partial charge in [0.05, 0.1) is 5.56 Å². The highest BCUT2D eigenvalue weighted by molar-refractivity contribution is 6.00. The standard InChI is InChI=1S/C23H24O8/c1-22(2)29-17-19(26)23(31-21(17)30-22,13-28-20(27)15-11-7-4-8-12-15)18(25)16(24)14-9-5-3-6-10-14/h3-12,17-19,21,25-26H,13H2,1-2H3/t17-,18?,19-,21+,23-/m1/s1. The second kappa shape index (κ2) is 8.14. The van der Waals surface area contributed by atoms with E-state index in [0.29, 0.717) is 0 Å². The van der Waals surface area contributed by atoms with E-state index in [1.54, 1.807) is 62.4 Å². The molecule has 0 bridgehead atoms. The van der Waals surface area contributed by atoms with E-state index >= 15 is 0 Å². The highest BCUT2D eigenvalue weighted by Crippen LogP contribution is 2.44. The molecule has 0 aliphatic carbocycles. The van der Waals surface area contributed by atoms with Crippen LogP contribution in [0.1, 0.15) is 34.6 Å². The van der Waals surface area contributed by atoms with Crippen LogP contribution in [0.5, 0.6) is 0 Å². The van der Waals surface area contributed by atoms with Gasteiger partial charge in [0, 0.05) is 5.56 Å². The van der Waals surface area contributed by atoms with Crippen LogP contribution < -0.4 is 0 Å². The molecule has 2 N–H and O–H groups in total. The van der Waals surface area contributed by atoms with Crippen molar-refractivity contribution in [2.45, 2.75) is 49.8 Å². The first-order chi connectivity index (χ1) is 14.7. The van der Waals surface area contributed by atoms with Crippen LogP contribution >= 0.6 is 0 Å². The predicted molar refractivity (Wildman–Crippen MR) is 107 cm³/mol. The van der Waals surface area contributed by atoms with Gasteiger partial charge in [-0.15, -0.1) is 0 Å². The molecule has 2 aromatic rings. The Morgan fingerprint density at radius 3 is 2.13 bits per heavy atom. The number of hydrogen-bond donors (Lipinski definition) is 2. The number of ether oxygens (including phenoxy) is 4. The number of benzene rings is 2. The summed E-state index contributed by atoms with van der Waals surface area (Å²) in [5, 5.41) is 22.1. The Kier molecular flexibility index (Phi) is 5.67. The van der Waals surface area contributed by atoms with Crippen molar-refractivity contribution in [1.29, 1.82) is 0 Å². The van der Waals surface area contributed by atoms with Crippen molar-refractivity contribution in [2.24, 2.45) is 0 Å². The molecule has 0 amide bonds. The number of carbonyl (C=O) groups excluding carboxylic acids is 2. The van der Waals surface area contributed by atoms with Crippen molar-refractivity contribution >= 4 is 11.8 Å². The van der Waals surface area contributed by atoms with Crippen LogP contribution in [0.3, 0.4) is 0 Å². The topological polar surface area (TPSA) is 112 Å². The van der Waals surface area contributed by atoms with Gasteiger partial charge in [0.1, 0.15) is 18.8 Å². The van der Waals surface area contributed by atoms with Gasteiger partial charge >= 0.3 is 5.97 Å². The van der Waals surface area contributed by atoms with Gasteiger partial charge in [-0.2, -0.15) is 0 Å². The maximum absolute atomic E-state index is 13.0. The molecule has 2 aromatic carbocycles. The number of esters is 1. The van der Waals surface area contributed by atoms with Crippen LogP contribution in [0.2, 0.25) is 0 Å². The molecular formula is C23H24O8. The summed E-state index contributed by atoms with van der Waals surface area (Å²) in [4.78, 5) is 25.5. The molecule has 0 saturated carbocycles. The average Bonchev–Trinajstić information content (AvgIpc) is 3.22. The summed E-state index contributed by atoms with van der Waals surface area (Å²) in [5.74, 6) is -2.39. The largest absolute Gasteiger partial charge is 0.459 e. The second-order valence-corrected chi connectivity index (χ2v) is 8.06. The molecule has 5 atom stereocenters. The lowest BCUT2D eigenvalue weighted by Gasteiger charge is -2.36. The van der Waals surface area contributed by atoms with Gasteiger partial charge in [-0.25, -0.2) is 4.79 Å². The molecule has 2 saturated heterocycles. The number of aliphatic hydroxyl groups excluding tert-OH is 2. The van der Waals surface area contributed by atoms with E-state index in [0.717, 1.165) is 0 Å². The minimum absolute atomic E-state index is 0.221. The van der Waals surface area contributed by atoms with E-state index in [1.165, 1.54) is 12.1 Å². The van der Waals surface area contributed by atoms with E-state index in [9.17, 15) is 19.8 Å². The minimum atomic E-state index is -1.97. The molecular weight excluding hydrogens is 404 g/mol. The van der Waals surface area contributed by atoms with Gasteiger partial charge in [0.15, 0.2) is 29.6 Å². The zero-order valence-electron chi connectivity index (χ0n) is 17.1. The van der Waals surface area contributed by atoms with Crippen LogP contribution in [-0.2, 0) is 18.9 Å². The first kappa shape index (κ1) is 21.6. The molecule has 164 valence electrons. The number of carbonyl (C=O) groups is 2. The number of hydrogen-bond acceptors (Lipinski definition) is 8. The highest BCUT2D eigenvalue weighted by Gasteiger charge is 2.66. The summed E-state index contributed by atoms with van der Waals surface area (Å²) >= 11 is 0. The smallest absolute Gasteiger partial charge is 0.338 e. The summed E-state index contributed by atoms with van der Waals surface area (Å²) in [6.45, 7) is 2.73. The lowest BCUT2D eigenvalue weighted by atomic mass is 9.85. The Labute approximate surface area is 179 Å². The van der Waals surface area contributed by atoms with E-state index in [-0.39, 0.29) is 11.1 Å². The normalized spacial score (nSPS) is 29.9. The first-order valence-electron chi connectivity index (χ1n) is 9.94. The van der Waals surface area contributed by atoms with Gasteiger partial charge in [-0.05, 0) is 26.0 Å². The van der Waals surface area contributed by atoms with Gasteiger partial charge < -0.3 is 29.2 Å². The first-order valence-corrected chi connectivity index (χ1v) is 9.94. The molecule has 0 spiro atoms. The molecule has 1 unspecified atom stereocenters. The predicted octanol–water partition coefficient (Wildman–Crippen LogP) is 1.69. The molecule has 4 rings (SSSR count). The third kappa shape index (κ3) is 4.00. The Morgan fingerprint density at radius 1 is 0.968 bits per heavy atom. The van der Waals surface area contributed by atoms with Crippen molar-refractivity contribution in [3.05, 3.63) is 71.8 Å². The molecule has 8 nitrogen and oxygen atoms in total. The fraction of sp³-hybridized carbons (Fsp3) is 0.391. The van der Waals surface area contributed by atoms with Crippen molar-refractivity contribution in [2.75, 3.05) is 6.61 Å². The van der Waals surface area contributed by atoms with Crippen molar-refractivity contribution < 1.29 is 38.7 Å². The van der Waals surface area contributed by atoms with Crippen molar-refractivity contribution in [3.8, 4) is 0 Å². The van der Waals surface area contributed by atoms with E-state index in [2.05, 4.69) is 0 Å². The van der Waals surface area contributed by atoms with Crippen molar-refractivity contribution in [3.63, 3.8) is 0 Å². The zero-order valence-corrected chi connectivity index (χ0v) is 17.1. The van der Waals surface area contributed by atoms with Crippen LogP contribution in [0.25, 0.3) is 0 Å². The molecule has 0 aromatic heterocycles. The van der Waals surface area contributed by atoms with Gasteiger partial charge in [-0.3, -0.25) is 4.79 Å². The van der Waals surface area contributed by atoms with Gasteiger partial charge in [-0.1, -0.05) is 48.5 Å². The fourth-order valence-corrected chi connectivity index (χ4v) is 3.87. The maximum Gasteiger partial charge on any atom is 0.338 e. The van der Waals surface area contributed by atoms with Crippen LogP contribution in [-0.4, -0.2) is 64.6 Å². The Hall–Kier alpha value is -2.62. The quantitative estimate of drug-likeness (QED) is 0.528. The molecule has 2 aliphatic heterocycles. The number of Topliss-reactive ketones (excluding diaryl/α,β-unsaturated/α-hetero) is 1. The van der Waals surface area contributed by atoms with Crippen LogP contribution in [0, 0.1) is 0 Å². The number of aliphatic hydroxyl groups is 2. The number of ketones is 1. The van der Waals surface area contributed by atoms with Crippen LogP contribution in [0.4, 0.5) is 0 Å². The van der Waals surface area contributed by atoms with E-state index < -0.39 is 54.3 Å². The molecule has 2 fully saturated rings. The van der Waals surface area contributed by atoms with E-state index in [4.69, 9.17) is 18.9 Å². The van der Waals surface area contributed by atoms with Gasteiger partial charge in [0.25, 0.3) is 0 Å². The summed E-state index contributed by atoms with van der Waals surface area (Å²) in [5.41, 5.74) is -1.47. The molecule has 2 aliphatic rings. The highest BCUT2D eigenvalue weighted by atomic mass is 16.8. The molecule has 0 radical (unpaired) electrons. The van der Waals surface area contributed by atoms with Crippen molar-refractivity contribution in [1.82, 2.24) is 0 Å². The van der Waals surface area contributed by atoms with Crippen LogP contribution in [0.15, 0.2) is 60.7 Å². The molecule has 8 heteroatoms. The summed E-state index contributed by atoms with van der Waals surface area (Å²) in [6, 6.07) is 16.3. The number of fused-ring (bicyclic) bond motifs is 1. The Balaban J connectivity index is 1.61. The molecule has 2 heterocycles. The second-order valence-electron chi connectivity index (χ2n) is 8.06.